The van der Waals surface area contributed by atoms with Crippen LogP contribution in [0.25, 0.3) is 5.52 Å². The number of imidazole rings is 1. The van der Waals surface area contributed by atoms with Crippen molar-refractivity contribution in [2.75, 3.05) is 0 Å². The SMILES string of the molecule is O=C(NCc1ccc2cncn2c1)c1cc2c(o1)CCCC2. The maximum Gasteiger partial charge on any atom is 0.287 e. The number of pyridine rings is 1. The van der Waals surface area contributed by atoms with Gasteiger partial charge in [-0.3, -0.25) is 4.79 Å². The monoisotopic (exact) mass is 295 g/mol. The van der Waals surface area contributed by atoms with E-state index in [2.05, 4.69) is 10.3 Å². The van der Waals surface area contributed by atoms with Crippen LogP contribution in [0.4, 0.5) is 0 Å². The molecule has 112 valence electrons. The van der Waals surface area contributed by atoms with E-state index in [4.69, 9.17) is 4.42 Å². The van der Waals surface area contributed by atoms with Gasteiger partial charge in [0, 0.05) is 19.2 Å². The summed E-state index contributed by atoms with van der Waals surface area (Å²) in [5.41, 5.74) is 3.25. The second-order valence-electron chi connectivity index (χ2n) is 5.71. The summed E-state index contributed by atoms with van der Waals surface area (Å²) in [4.78, 5) is 16.3. The molecular weight excluding hydrogens is 278 g/mol. The Morgan fingerprint density at radius 3 is 3.14 bits per heavy atom. The molecule has 0 unspecified atom stereocenters. The molecule has 0 bridgehead atoms. The van der Waals surface area contributed by atoms with Gasteiger partial charge in [-0.2, -0.15) is 0 Å². The van der Waals surface area contributed by atoms with E-state index < -0.39 is 0 Å². The minimum Gasteiger partial charge on any atom is -0.456 e. The molecule has 1 aliphatic carbocycles. The molecule has 1 aliphatic rings. The van der Waals surface area contributed by atoms with Gasteiger partial charge < -0.3 is 14.1 Å². The number of aromatic nitrogens is 2. The number of fused-ring (bicyclic) bond motifs is 2. The minimum atomic E-state index is -0.153. The van der Waals surface area contributed by atoms with E-state index in [-0.39, 0.29) is 5.91 Å². The van der Waals surface area contributed by atoms with Gasteiger partial charge in [-0.15, -0.1) is 0 Å². The zero-order valence-electron chi connectivity index (χ0n) is 12.2. The third-order valence-electron chi connectivity index (χ3n) is 4.14. The summed E-state index contributed by atoms with van der Waals surface area (Å²) in [7, 11) is 0. The van der Waals surface area contributed by atoms with Crippen molar-refractivity contribution in [3.05, 3.63) is 59.6 Å². The summed E-state index contributed by atoms with van der Waals surface area (Å²) in [6.45, 7) is 0.471. The van der Waals surface area contributed by atoms with E-state index >= 15 is 0 Å². The summed E-state index contributed by atoms with van der Waals surface area (Å²) < 4.78 is 7.62. The number of carbonyl (C=O) groups excluding carboxylic acids is 1. The number of furan rings is 1. The van der Waals surface area contributed by atoms with Crippen LogP contribution in [0.2, 0.25) is 0 Å². The molecule has 0 saturated heterocycles. The molecule has 1 amide bonds. The smallest absolute Gasteiger partial charge is 0.287 e. The van der Waals surface area contributed by atoms with Crippen LogP contribution in [0, 0.1) is 0 Å². The molecule has 0 radical (unpaired) electrons. The largest absolute Gasteiger partial charge is 0.456 e. The Morgan fingerprint density at radius 2 is 2.23 bits per heavy atom. The molecule has 5 heteroatoms. The summed E-state index contributed by atoms with van der Waals surface area (Å²) in [5, 5.41) is 2.91. The van der Waals surface area contributed by atoms with Gasteiger partial charge >= 0.3 is 0 Å². The third-order valence-corrected chi connectivity index (χ3v) is 4.14. The highest BCUT2D eigenvalue weighted by Gasteiger charge is 2.18. The number of rotatable bonds is 3. The number of nitrogens with one attached hydrogen (secondary N) is 1. The first-order valence-electron chi connectivity index (χ1n) is 7.60. The molecule has 3 aromatic rings. The van der Waals surface area contributed by atoms with Crippen molar-refractivity contribution in [1.29, 1.82) is 0 Å². The molecule has 0 saturated carbocycles. The molecule has 0 spiro atoms. The summed E-state index contributed by atoms with van der Waals surface area (Å²) in [5.74, 6) is 1.26. The number of hydrogen-bond acceptors (Lipinski definition) is 3. The second kappa shape index (κ2) is 5.33. The quantitative estimate of drug-likeness (QED) is 0.808. The van der Waals surface area contributed by atoms with Gasteiger partial charge in [0.25, 0.3) is 5.91 Å². The van der Waals surface area contributed by atoms with Gasteiger partial charge in [-0.05, 0) is 42.5 Å². The Labute approximate surface area is 128 Å². The molecule has 0 atom stereocenters. The number of hydrogen-bond donors (Lipinski definition) is 1. The zero-order chi connectivity index (χ0) is 14.9. The van der Waals surface area contributed by atoms with Crippen LogP contribution in [0.1, 0.15) is 40.3 Å². The van der Waals surface area contributed by atoms with Crippen molar-refractivity contribution in [2.45, 2.75) is 32.2 Å². The van der Waals surface area contributed by atoms with Crippen molar-refractivity contribution in [3.8, 4) is 0 Å². The van der Waals surface area contributed by atoms with Gasteiger partial charge in [0.05, 0.1) is 18.0 Å². The molecule has 3 aromatic heterocycles. The average Bonchev–Trinajstić information content (AvgIpc) is 3.18. The molecule has 0 aliphatic heterocycles. The van der Waals surface area contributed by atoms with E-state index in [1.54, 1.807) is 12.5 Å². The Morgan fingerprint density at radius 1 is 1.32 bits per heavy atom. The lowest BCUT2D eigenvalue weighted by Gasteiger charge is -2.07. The first-order valence-corrected chi connectivity index (χ1v) is 7.60. The predicted octanol–water partition coefficient (Wildman–Crippen LogP) is 2.74. The average molecular weight is 295 g/mol. The fraction of sp³-hybridized carbons (Fsp3) is 0.294. The second-order valence-corrected chi connectivity index (χ2v) is 5.71. The lowest BCUT2D eigenvalue weighted by Crippen LogP contribution is -2.22. The predicted molar refractivity (Wildman–Crippen MR) is 81.7 cm³/mol. The summed E-state index contributed by atoms with van der Waals surface area (Å²) >= 11 is 0. The first-order chi connectivity index (χ1) is 10.8. The number of nitrogens with zero attached hydrogens (tertiary/aromatic N) is 2. The van der Waals surface area contributed by atoms with Crippen LogP contribution in [-0.2, 0) is 19.4 Å². The van der Waals surface area contributed by atoms with Gasteiger partial charge in [0.15, 0.2) is 5.76 Å². The maximum absolute atomic E-state index is 12.2. The zero-order valence-corrected chi connectivity index (χ0v) is 12.2. The van der Waals surface area contributed by atoms with Crippen molar-refractivity contribution >= 4 is 11.4 Å². The standard InChI is InChI=1S/C17H17N3O2/c21-17(16-7-13-3-1-2-4-15(13)22-16)19-8-12-5-6-14-9-18-11-20(14)10-12/h5-7,9-11H,1-4,8H2,(H,19,21). The van der Waals surface area contributed by atoms with Gasteiger partial charge in [-0.25, -0.2) is 4.98 Å². The lowest BCUT2D eigenvalue weighted by molar-refractivity contribution is 0.0921. The van der Waals surface area contributed by atoms with Gasteiger partial charge in [-0.1, -0.05) is 6.07 Å². The number of amides is 1. The maximum atomic E-state index is 12.2. The summed E-state index contributed by atoms with van der Waals surface area (Å²) in [6, 6.07) is 5.87. The van der Waals surface area contributed by atoms with Crippen LogP contribution in [-0.4, -0.2) is 15.3 Å². The van der Waals surface area contributed by atoms with E-state index in [9.17, 15) is 4.79 Å². The Hall–Kier alpha value is -2.56. The van der Waals surface area contributed by atoms with Gasteiger partial charge in [0.1, 0.15) is 5.76 Å². The van der Waals surface area contributed by atoms with E-state index in [1.165, 1.54) is 12.0 Å². The van der Waals surface area contributed by atoms with Crippen LogP contribution in [0.3, 0.4) is 0 Å². The van der Waals surface area contributed by atoms with Crippen molar-refractivity contribution in [3.63, 3.8) is 0 Å². The van der Waals surface area contributed by atoms with Crippen LogP contribution >= 0.6 is 0 Å². The molecule has 0 fully saturated rings. The lowest BCUT2D eigenvalue weighted by atomic mass is 9.99. The minimum absolute atomic E-state index is 0.153. The molecular formula is C17H17N3O2. The van der Waals surface area contributed by atoms with Gasteiger partial charge in [0.2, 0.25) is 0 Å². The Balaban J connectivity index is 1.46. The normalized spacial score (nSPS) is 14.0. The van der Waals surface area contributed by atoms with Crippen molar-refractivity contribution in [2.24, 2.45) is 0 Å². The molecule has 3 heterocycles. The van der Waals surface area contributed by atoms with E-state index in [1.807, 2.05) is 28.8 Å². The molecule has 1 N–H and O–H groups in total. The Kier molecular flexibility index (Phi) is 3.18. The van der Waals surface area contributed by atoms with Crippen LogP contribution < -0.4 is 5.32 Å². The highest BCUT2D eigenvalue weighted by molar-refractivity contribution is 5.91. The highest BCUT2D eigenvalue weighted by Crippen LogP contribution is 2.24. The first kappa shape index (κ1) is 13.1. The van der Waals surface area contributed by atoms with Crippen LogP contribution in [0.5, 0.6) is 0 Å². The fourth-order valence-corrected chi connectivity index (χ4v) is 2.94. The Bertz CT molecular complexity index is 808. The topological polar surface area (TPSA) is 59.5 Å². The molecule has 0 aromatic carbocycles. The molecule has 4 rings (SSSR count). The fourth-order valence-electron chi connectivity index (χ4n) is 2.94. The number of aryl methyl sites for hydroxylation is 2. The molecule has 22 heavy (non-hydrogen) atoms. The van der Waals surface area contributed by atoms with Crippen LogP contribution in [0.15, 0.2) is 41.3 Å². The summed E-state index contributed by atoms with van der Waals surface area (Å²) in [6.07, 6.45) is 9.81. The molecule has 5 nitrogen and oxygen atoms in total. The number of carbonyl (C=O) groups is 1. The van der Waals surface area contributed by atoms with E-state index in [0.29, 0.717) is 12.3 Å². The van der Waals surface area contributed by atoms with Crippen molar-refractivity contribution < 1.29 is 9.21 Å². The van der Waals surface area contributed by atoms with Crippen molar-refractivity contribution in [1.82, 2.24) is 14.7 Å². The van der Waals surface area contributed by atoms with E-state index in [0.717, 1.165) is 36.1 Å². The third kappa shape index (κ3) is 2.39. The highest BCUT2D eigenvalue weighted by atomic mass is 16.4.